The first-order chi connectivity index (χ1) is 7.67. The van der Waals surface area contributed by atoms with Crippen LogP contribution in [0.15, 0.2) is 10.7 Å². The fraction of sp³-hybridized carbons (Fsp3) is 0.455. The summed E-state index contributed by atoms with van der Waals surface area (Å²) in [5, 5.41) is 8.41. The summed E-state index contributed by atoms with van der Waals surface area (Å²) in [6.07, 6.45) is 3.63. The second-order valence-electron chi connectivity index (χ2n) is 3.74. The maximum atomic E-state index is 5.73. The predicted molar refractivity (Wildman–Crippen MR) is 61.9 cm³/mol. The summed E-state index contributed by atoms with van der Waals surface area (Å²) in [5.74, 6) is 0.406. The highest BCUT2D eigenvalue weighted by Gasteiger charge is 2.18. The van der Waals surface area contributed by atoms with E-state index in [-0.39, 0.29) is 0 Å². The van der Waals surface area contributed by atoms with Gasteiger partial charge in [0.25, 0.3) is 0 Å². The van der Waals surface area contributed by atoms with Gasteiger partial charge in [-0.1, -0.05) is 19.0 Å². The SMILES string of the molecule is CCc1nn(C)cc1-c1noc(N)c1CC. The molecule has 5 heteroatoms. The van der Waals surface area contributed by atoms with Gasteiger partial charge in [0.1, 0.15) is 5.69 Å². The van der Waals surface area contributed by atoms with Gasteiger partial charge in [-0.2, -0.15) is 5.10 Å². The Morgan fingerprint density at radius 1 is 1.38 bits per heavy atom. The van der Waals surface area contributed by atoms with Gasteiger partial charge in [-0.05, 0) is 12.8 Å². The summed E-state index contributed by atoms with van der Waals surface area (Å²) in [7, 11) is 1.90. The third kappa shape index (κ3) is 1.58. The lowest BCUT2D eigenvalue weighted by atomic mass is 10.1. The second-order valence-corrected chi connectivity index (χ2v) is 3.74. The molecule has 0 atom stereocenters. The van der Waals surface area contributed by atoms with Gasteiger partial charge in [0, 0.05) is 24.4 Å². The van der Waals surface area contributed by atoms with Gasteiger partial charge < -0.3 is 10.3 Å². The zero-order valence-corrected chi connectivity index (χ0v) is 9.82. The van der Waals surface area contributed by atoms with Crippen molar-refractivity contribution >= 4 is 5.88 Å². The molecule has 0 saturated carbocycles. The average Bonchev–Trinajstić information content (AvgIpc) is 2.81. The van der Waals surface area contributed by atoms with Crippen molar-refractivity contribution < 1.29 is 4.52 Å². The monoisotopic (exact) mass is 220 g/mol. The van der Waals surface area contributed by atoms with Crippen LogP contribution in [0.1, 0.15) is 25.1 Å². The molecule has 2 aromatic heterocycles. The van der Waals surface area contributed by atoms with E-state index in [1.807, 2.05) is 20.2 Å². The fourth-order valence-corrected chi connectivity index (χ4v) is 1.87. The summed E-state index contributed by atoms with van der Waals surface area (Å²) in [6.45, 7) is 4.11. The first-order valence-corrected chi connectivity index (χ1v) is 5.44. The Morgan fingerprint density at radius 3 is 2.75 bits per heavy atom. The van der Waals surface area contributed by atoms with E-state index in [0.29, 0.717) is 5.88 Å². The van der Waals surface area contributed by atoms with Crippen molar-refractivity contribution in [3.05, 3.63) is 17.5 Å². The Morgan fingerprint density at radius 2 is 2.12 bits per heavy atom. The number of nitrogen functional groups attached to an aromatic ring is 1. The number of nitrogens with two attached hydrogens (primary N) is 1. The zero-order chi connectivity index (χ0) is 11.7. The average molecular weight is 220 g/mol. The van der Waals surface area contributed by atoms with E-state index in [4.69, 9.17) is 10.3 Å². The molecule has 2 heterocycles. The summed E-state index contributed by atoms with van der Waals surface area (Å²) >= 11 is 0. The van der Waals surface area contributed by atoms with Crippen molar-refractivity contribution in [3.8, 4) is 11.3 Å². The topological polar surface area (TPSA) is 69.9 Å². The third-order valence-electron chi connectivity index (χ3n) is 2.67. The number of rotatable bonds is 3. The molecule has 2 N–H and O–H groups in total. The minimum Gasteiger partial charge on any atom is -0.367 e. The summed E-state index contributed by atoms with van der Waals surface area (Å²) in [5.41, 5.74) is 9.55. The Labute approximate surface area is 94.2 Å². The molecule has 0 radical (unpaired) electrons. The van der Waals surface area contributed by atoms with Gasteiger partial charge in [-0.25, -0.2) is 0 Å². The lowest BCUT2D eigenvalue weighted by Crippen LogP contribution is -1.91. The van der Waals surface area contributed by atoms with E-state index in [1.54, 1.807) is 4.68 Å². The molecule has 0 aliphatic carbocycles. The number of aromatic nitrogens is 3. The largest absolute Gasteiger partial charge is 0.367 e. The highest BCUT2D eigenvalue weighted by Crippen LogP contribution is 2.29. The molecule has 0 amide bonds. The molecule has 0 bridgehead atoms. The van der Waals surface area contributed by atoms with Crippen LogP contribution >= 0.6 is 0 Å². The lowest BCUT2D eigenvalue weighted by molar-refractivity contribution is 0.438. The molecular weight excluding hydrogens is 204 g/mol. The molecule has 0 aromatic carbocycles. The van der Waals surface area contributed by atoms with Crippen LogP contribution in [0.4, 0.5) is 5.88 Å². The minimum absolute atomic E-state index is 0.406. The van der Waals surface area contributed by atoms with Crippen molar-refractivity contribution in [1.82, 2.24) is 14.9 Å². The van der Waals surface area contributed by atoms with E-state index in [0.717, 1.165) is 35.4 Å². The van der Waals surface area contributed by atoms with Gasteiger partial charge in [-0.15, -0.1) is 0 Å². The number of nitrogens with zero attached hydrogens (tertiary/aromatic N) is 3. The molecule has 0 saturated heterocycles. The molecule has 2 aromatic rings. The Kier molecular flexibility index (Phi) is 2.68. The van der Waals surface area contributed by atoms with Crippen LogP contribution in [-0.2, 0) is 19.9 Å². The highest BCUT2D eigenvalue weighted by molar-refractivity contribution is 5.68. The van der Waals surface area contributed by atoms with Crippen LogP contribution in [0, 0.1) is 0 Å². The molecule has 5 nitrogen and oxygen atoms in total. The lowest BCUT2D eigenvalue weighted by Gasteiger charge is -1.97. The number of aryl methyl sites for hydroxylation is 2. The third-order valence-corrected chi connectivity index (χ3v) is 2.67. The first-order valence-electron chi connectivity index (χ1n) is 5.44. The van der Waals surface area contributed by atoms with E-state index in [1.165, 1.54) is 0 Å². The zero-order valence-electron chi connectivity index (χ0n) is 9.82. The maximum absolute atomic E-state index is 5.73. The van der Waals surface area contributed by atoms with Crippen LogP contribution in [-0.4, -0.2) is 14.9 Å². The summed E-state index contributed by atoms with van der Waals surface area (Å²) in [4.78, 5) is 0. The quantitative estimate of drug-likeness (QED) is 0.856. The van der Waals surface area contributed by atoms with E-state index < -0.39 is 0 Å². The van der Waals surface area contributed by atoms with Crippen molar-refractivity contribution in [2.24, 2.45) is 7.05 Å². The van der Waals surface area contributed by atoms with E-state index in [2.05, 4.69) is 17.2 Å². The predicted octanol–water partition coefficient (Wildman–Crippen LogP) is 1.78. The Balaban J connectivity index is 2.57. The van der Waals surface area contributed by atoms with Gasteiger partial charge >= 0.3 is 0 Å². The fourth-order valence-electron chi connectivity index (χ4n) is 1.87. The van der Waals surface area contributed by atoms with Gasteiger partial charge in [-0.3, -0.25) is 4.68 Å². The van der Waals surface area contributed by atoms with Crippen molar-refractivity contribution in [2.75, 3.05) is 5.73 Å². The smallest absolute Gasteiger partial charge is 0.225 e. The Bertz CT molecular complexity index is 498. The van der Waals surface area contributed by atoms with E-state index >= 15 is 0 Å². The van der Waals surface area contributed by atoms with Crippen LogP contribution in [0.5, 0.6) is 0 Å². The van der Waals surface area contributed by atoms with Crippen LogP contribution in [0.3, 0.4) is 0 Å². The molecule has 0 aliphatic heterocycles. The summed E-state index contributed by atoms with van der Waals surface area (Å²) < 4.78 is 6.83. The van der Waals surface area contributed by atoms with Gasteiger partial charge in [0.2, 0.25) is 5.88 Å². The van der Waals surface area contributed by atoms with Crippen LogP contribution < -0.4 is 5.73 Å². The molecule has 16 heavy (non-hydrogen) atoms. The van der Waals surface area contributed by atoms with Gasteiger partial charge in [0.15, 0.2) is 0 Å². The molecule has 0 unspecified atom stereocenters. The number of hydrogen-bond donors (Lipinski definition) is 1. The standard InChI is InChI=1S/C11H16N4O/c1-4-7-10(14-16-11(7)12)8-6-15(3)13-9(8)5-2/h6H,4-5,12H2,1-3H3. The van der Waals surface area contributed by atoms with Crippen LogP contribution in [0.2, 0.25) is 0 Å². The van der Waals surface area contributed by atoms with Crippen molar-refractivity contribution in [2.45, 2.75) is 26.7 Å². The first kappa shape index (κ1) is 10.7. The summed E-state index contributed by atoms with van der Waals surface area (Å²) in [6, 6.07) is 0. The molecule has 0 fully saturated rings. The second kappa shape index (κ2) is 4.00. The normalized spacial score (nSPS) is 10.9. The molecular formula is C11H16N4O. The molecule has 2 rings (SSSR count). The van der Waals surface area contributed by atoms with E-state index in [9.17, 15) is 0 Å². The van der Waals surface area contributed by atoms with Gasteiger partial charge in [0.05, 0.1) is 5.69 Å². The molecule has 0 spiro atoms. The maximum Gasteiger partial charge on any atom is 0.225 e. The highest BCUT2D eigenvalue weighted by atomic mass is 16.5. The number of anilines is 1. The number of hydrogen-bond acceptors (Lipinski definition) is 4. The minimum atomic E-state index is 0.406. The van der Waals surface area contributed by atoms with Crippen molar-refractivity contribution in [3.63, 3.8) is 0 Å². The van der Waals surface area contributed by atoms with Crippen LogP contribution in [0.25, 0.3) is 11.3 Å². The Hall–Kier alpha value is -1.78. The van der Waals surface area contributed by atoms with Crippen molar-refractivity contribution in [1.29, 1.82) is 0 Å². The molecule has 86 valence electrons. The molecule has 0 aliphatic rings.